The molecule has 1 saturated carbocycles. The highest BCUT2D eigenvalue weighted by Crippen LogP contribution is 2.48. The Balaban J connectivity index is 1.93. The first-order valence-corrected chi connectivity index (χ1v) is 6.48. The van der Waals surface area contributed by atoms with Gasteiger partial charge in [-0.1, -0.05) is 13.8 Å². The highest BCUT2D eigenvalue weighted by atomic mass is 16.4. The molecule has 2 fully saturated rings. The van der Waals surface area contributed by atoms with Gasteiger partial charge in [0.05, 0.1) is 0 Å². The van der Waals surface area contributed by atoms with Gasteiger partial charge in [0, 0.05) is 13.1 Å². The molecule has 1 saturated heterocycles. The van der Waals surface area contributed by atoms with Crippen LogP contribution < -0.4 is 0 Å². The number of hydrogen-bond acceptors (Lipinski definition) is 2. The number of carboxylic acids is 1. The molecule has 1 N–H and O–H groups in total. The first-order chi connectivity index (χ1) is 7.95. The fourth-order valence-corrected chi connectivity index (χ4v) is 2.82. The molecule has 1 aliphatic heterocycles. The zero-order valence-corrected chi connectivity index (χ0v) is 10.6. The molecule has 0 bridgehead atoms. The Bertz CT molecular complexity index is 334. The number of amides is 1. The molecule has 2 aliphatic rings. The summed E-state index contributed by atoms with van der Waals surface area (Å²) in [4.78, 5) is 25.0. The van der Waals surface area contributed by atoms with Crippen molar-refractivity contribution in [3.63, 3.8) is 0 Å². The van der Waals surface area contributed by atoms with Crippen molar-refractivity contribution in [2.75, 3.05) is 13.1 Å². The molecule has 1 heterocycles. The predicted molar refractivity (Wildman–Crippen MR) is 63.4 cm³/mol. The quantitative estimate of drug-likeness (QED) is 0.760. The Kier molecular flexibility index (Phi) is 3.15. The van der Waals surface area contributed by atoms with Gasteiger partial charge in [-0.25, -0.2) is 0 Å². The topological polar surface area (TPSA) is 57.6 Å². The number of carboxylic acid groups (broad SMARTS) is 1. The van der Waals surface area contributed by atoms with E-state index in [-0.39, 0.29) is 5.91 Å². The van der Waals surface area contributed by atoms with Crippen molar-refractivity contribution in [2.24, 2.45) is 17.3 Å². The molecule has 1 atom stereocenters. The maximum absolute atomic E-state index is 12.1. The van der Waals surface area contributed by atoms with Crippen LogP contribution in [-0.4, -0.2) is 35.0 Å². The van der Waals surface area contributed by atoms with Gasteiger partial charge < -0.3 is 10.0 Å². The van der Waals surface area contributed by atoms with Crippen molar-refractivity contribution >= 4 is 11.9 Å². The molecule has 4 nitrogen and oxygen atoms in total. The van der Waals surface area contributed by atoms with Crippen LogP contribution in [0.2, 0.25) is 0 Å². The van der Waals surface area contributed by atoms with Crippen molar-refractivity contribution in [3.8, 4) is 0 Å². The molecule has 17 heavy (non-hydrogen) atoms. The maximum Gasteiger partial charge on any atom is 0.319 e. The number of carbonyl (C=O) groups excluding carboxylic acids is 1. The minimum Gasteiger partial charge on any atom is -0.480 e. The van der Waals surface area contributed by atoms with Gasteiger partial charge in [-0.2, -0.15) is 0 Å². The third-order valence-electron chi connectivity index (χ3n) is 3.95. The lowest BCUT2D eigenvalue weighted by atomic mass is 9.96. The minimum absolute atomic E-state index is 0.142. The molecular formula is C13H21NO3. The molecule has 2 rings (SSSR count). The van der Waals surface area contributed by atoms with Crippen molar-refractivity contribution in [1.29, 1.82) is 0 Å². The molecule has 1 unspecified atom stereocenters. The van der Waals surface area contributed by atoms with Crippen LogP contribution in [0.15, 0.2) is 0 Å². The van der Waals surface area contributed by atoms with Crippen LogP contribution in [0.4, 0.5) is 0 Å². The van der Waals surface area contributed by atoms with E-state index in [2.05, 4.69) is 13.8 Å². The van der Waals surface area contributed by atoms with Gasteiger partial charge in [0.1, 0.15) is 5.41 Å². The SMILES string of the molecule is CC(C)CC1CCN(C(=O)C2(C(=O)O)CC2)C1. The Hall–Kier alpha value is -1.06. The Labute approximate surface area is 102 Å². The van der Waals surface area contributed by atoms with Crippen LogP contribution in [0.25, 0.3) is 0 Å². The van der Waals surface area contributed by atoms with E-state index in [1.165, 1.54) is 0 Å². The monoisotopic (exact) mass is 239 g/mol. The summed E-state index contributed by atoms with van der Waals surface area (Å²) < 4.78 is 0. The first-order valence-electron chi connectivity index (χ1n) is 6.48. The van der Waals surface area contributed by atoms with Crippen molar-refractivity contribution in [3.05, 3.63) is 0 Å². The van der Waals surface area contributed by atoms with E-state index < -0.39 is 11.4 Å². The first kappa shape index (κ1) is 12.4. The fourth-order valence-electron chi connectivity index (χ4n) is 2.82. The van der Waals surface area contributed by atoms with Crippen LogP contribution in [0.3, 0.4) is 0 Å². The highest BCUT2D eigenvalue weighted by molar-refractivity contribution is 6.04. The molecule has 0 aromatic rings. The van der Waals surface area contributed by atoms with Crippen LogP contribution in [-0.2, 0) is 9.59 Å². The van der Waals surface area contributed by atoms with Gasteiger partial charge in [0.25, 0.3) is 0 Å². The van der Waals surface area contributed by atoms with Gasteiger partial charge in [0.2, 0.25) is 5.91 Å². The van der Waals surface area contributed by atoms with Gasteiger partial charge >= 0.3 is 5.97 Å². The van der Waals surface area contributed by atoms with Crippen molar-refractivity contribution in [1.82, 2.24) is 4.90 Å². The summed E-state index contributed by atoms with van der Waals surface area (Å²) in [6.07, 6.45) is 3.20. The van der Waals surface area contributed by atoms with E-state index >= 15 is 0 Å². The number of aliphatic carboxylic acids is 1. The van der Waals surface area contributed by atoms with E-state index in [0.717, 1.165) is 25.9 Å². The second-order valence-corrected chi connectivity index (χ2v) is 5.92. The van der Waals surface area contributed by atoms with Crippen LogP contribution in [0.1, 0.15) is 39.5 Å². The second-order valence-electron chi connectivity index (χ2n) is 5.92. The molecule has 0 aromatic heterocycles. The third-order valence-corrected chi connectivity index (χ3v) is 3.95. The molecule has 96 valence electrons. The van der Waals surface area contributed by atoms with Crippen LogP contribution in [0, 0.1) is 17.3 Å². The summed E-state index contributed by atoms with van der Waals surface area (Å²) in [7, 11) is 0. The zero-order valence-electron chi connectivity index (χ0n) is 10.6. The van der Waals surface area contributed by atoms with Crippen LogP contribution in [0.5, 0.6) is 0 Å². The van der Waals surface area contributed by atoms with E-state index in [0.29, 0.717) is 24.7 Å². The number of hydrogen-bond donors (Lipinski definition) is 1. The maximum atomic E-state index is 12.1. The van der Waals surface area contributed by atoms with E-state index in [1.54, 1.807) is 4.90 Å². The Morgan fingerprint density at radius 2 is 2.06 bits per heavy atom. The molecule has 0 radical (unpaired) electrons. The fraction of sp³-hybridized carbons (Fsp3) is 0.846. The summed E-state index contributed by atoms with van der Waals surface area (Å²) in [5.41, 5.74) is -1.05. The molecule has 1 amide bonds. The lowest BCUT2D eigenvalue weighted by Crippen LogP contribution is -2.39. The van der Waals surface area contributed by atoms with Gasteiger partial charge in [-0.05, 0) is 37.5 Å². The lowest BCUT2D eigenvalue weighted by molar-refractivity contribution is -0.153. The molecule has 0 spiro atoms. The lowest BCUT2D eigenvalue weighted by Gasteiger charge is -2.21. The van der Waals surface area contributed by atoms with Crippen molar-refractivity contribution in [2.45, 2.75) is 39.5 Å². The number of carbonyl (C=O) groups is 2. The van der Waals surface area contributed by atoms with Crippen molar-refractivity contribution < 1.29 is 14.7 Å². The molecule has 0 aromatic carbocycles. The zero-order chi connectivity index (χ0) is 12.6. The van der Waals surface area contributed by atoms with Gasteiger partial charge in [-0.3, -0.25) is 9.59 Å². The minimum atomic E-state index is -1.05. The smallest absolute Gasteiger partial charge is 0.319 e. The largest absolute Gasteiger partial charge is 0.480 e. The standard InChI is InChI=1S/C13H21NO3/c1-9(2)7-10-3-6-14(8-10)11(15)13(4-5-13)12(16)17/h9-10H,3-8H2,1-2H3,(H,16,17). The van der Waals surface area contributed by atoms with Crippen LogP contribution >= 0.6 is 0 Å². The van der Waals surface area contributed by atoms with E-state index in [4.69, 9.17) is 5.11 Å². The molecule has 4 heteroatoms. The average molecular weight is 239 g/mol. The normalized spacial score (nSPS) is 26.3. The number of nitrogens with zero attached hydrogens (tertiary/aromatic N) is 1. The molecule has 1 aliphatic carbocycles. The van der Waals surface area contributed by atoms with Gasteiger partial charge in [0.15, 0.2) is 0 Å². The Morgan fingerprint density at radius 1 is 1.41 bits per heavy atom. The third kappa shape index (κ3) is 2.31. The van der Waals surface area contributed by atoms with E-state index in [9.17, 15) is 9.59 Å². The van der Waals surface area contributed by atoms with E-state index in [1.807, 2.05) is 0 Å². The summed E-state index contributed by atoms with van der Waals surface area (Å²) in [6.45, 7) is 5.87. The second kappa shape index (κ2) is 4.31. The summed E-state index contributed by atoms with van der Waals surface area (Å²) in [6, 6.07) is 0. The average Bonchev–Trinajstić information content (AvgIpc) is 2.93. The number of rotatable bonds is 4. The highest BCUT2D eigenvalue weighted by Gasteiger charge is 2.59. The van der Waals surface area contributed by atoms with Gasteiger partial charge in [-0.15, -0.1) is 0 Å². The summed E-state index contributed by atoms with van der Waals surface area (Å²) in [5.74, 6) is 0.124. The molecular weight excluding hydrogens is 218 g/mol. The summed E-state index contributed by atoms with van der Waals surface area (Å²) in [5, 5.41) is 9.10. The Morgan fingerprint density at radius 3 is 2.53 bits per heavy atom. The summed E-state index contributed by atoms with van der Waals surface area (Å²) >= 11 is 0. The predicted octanol–water partition coefficient (Wildman–Crippen LogP) is 1.75. The number of likely N-dealkylation sites (tertiary alicyclic amines) is 1.